The first-order valence-electron chi connectivity index (χ1n) is 10.7. The Bertz CT molecular complexity index is 770. The summed E-state index contributed by atoms with van der Waals surface area (Å²) in [4.78, 5) is 27.2. The molecule has 0 unspecified atom stereocenters. The van der Waals surface area contributed by atoms with Crippen molar-refractivity contribution in [3.05, 3.63) is 29.6 Å². The highest BCUT2D eigenvalue weighted by atomic mass is 19.1. The summed E-state index contributed by atoms with van der Waals surface area (Å²) in [6.45, 7) is 2.77. The van der Waals surface area contributed by atoms with Gasteiger partial charge in [-0.25, -0.2) is 9.18 Å². The summed E-state index contributed by atoms with van der Waals surface area (Å²) in [7, 11) is 1.84. The van der Waals surface area contributed by atoms with Crippen LogP contribution in [0.4, 0.5) is 9.18 Å². The van der Waals surface area contributed by atoms with Gasteiger partial charge >= 0.3 is 6.03 Å². The fraction of sp³-hybridized carbons (Fsp3) is 0.636. The number of benzene rings is 1. The summed E-state index contributed by atoms with van der Waals surface area (Å²) >= 11 is 0. The lowest BCUT2D eigenvalue weighted by molar-refractivity contribution is -0.115. The van der Waals surface area contributed by atoms with E-state index in [9.17, 15) is 19.1 Å². The number of carbonyl (C=O) groups excluding carboxylic acids is 2. The van der Waals surface area contributed by atoms with Gasteiger partial charge in [0, 0.05) is 37.2 Å². The Morgan fingerprint density at radius 3 is 2.80 bits per heavy atom. The summed E-state index contributed by atoms with van der Waals surface area (Å²) in [5.74, 6) is 0.0337. The van der Waals surface area contributed by atoms with Crippen LogP contribution in [0.25, 0.3) is 0 Å². The molecule has 7 nitrogen and oxygen atoms in total. The van der Waals surface area contributed by atoms with Gasteiger partial charge in [-0.15, -0.1) is 0 Å². The Morgan fingerprint density at radius 2 is 2.13 bits per heavy atom. The van der Waals surface area contributed by atoms with E-state index in [2.05, 4.69) is 5.32 Å². The molecule has 0 radical (unpaired) electrons. The minimum atomic E-state index is -0.346. The molecule has 4 rings (SSSR count). The summed E-state index contributed by atoms with van der Waals surface area (Å²) in [6.07, 6.45) is 3.87. The number of likely N-dealkylation sites (N-methyl/N-ethyl adjacent to an activating group) is 1. The Kier molecular flexibility index (Phi) is 5.97. The van der Waals surface area contributed by atoms with Crippen LogP contribution in [-0.4, -0.2) is 79.2 Å². The number of nitrogens with one attached hydrogen (secondary N) is 1. The second kappa shape index (κ2) is 8.51. The number of phenols is 1. The first-order chi connectivity index (χ1) is 14.4. The molecule has 1 aromatic carbocycles. The zero-order valence-corrected chi connectivity index (χ0v) is 17.3. The molecule has 0 aromatic heterocycles. The molecule has 164 valence electrons. The second-order valence-electron chi connectivity index (χ2n) is 9.02. The SMILES string of the molecule is CN[C@@H]1CN(C(=O)N2CC3(CC(Cc4c(O)cccc4F)C3)C2)CC[C@@H]1OCC=O. The van der Waals surface area contributed by atoms with Gasteiger partial charge in [0.05, 0.1) is 12.1 Å². The van der Waals surface area contributed by atoms with Gasteiger partial charge in [0.1, 0.15) is 24.5 Å². The van der Waals surface area contributed by atoms with Crippen LogP contribution in [0, 0.1) is 17.2 Å². The van der Waals surface area contributed by atoms with Crippen LogP contribution in [0.15, 0.2) is 18.2 Å². The van der Waals surface area contributed by atoms with Crippen molar-refractivity contribution in [2.24, 2.45) is 11.3 Å². The third kappa shape index (κ3) is 4.03. The smallest absolute Gasteiger partial charge is 0.320 e. The molecule has 2 aliphatic heterocycles. The predicted octanol–water partition coefficient (Wildman–Crippen LogP) is 1.78. The number of piperidine rings is 1. The number of nitrogens with zero attached hydrogens (tertiary/aromatic N) is 2. The van der Waals surface area contributed by atoms with E-state index in [0.717, 1.165) is 32.2 Å². The van der Waals surface area contributed by atoms with Gasteiger partial charge in [0.25, 0.3) is 0 Å². The quantitative estimate of drug-likeness (QED) is 0.687. The monoisotopic (exact) mass is 419 g/mol. The Hall–Kier alpha value is -2.19. The van der Waals surface area contributed by atoms with Crippen molar-refractivity contribution < 1.29 is 23.8 Å². The van der Waals surface area contributed by atoms with Gasteiger partial charge in [-0.1, -0.05) is 6.07 Å². The molecule has 3 aliphatic rings. The number of ether oxygens (including phenoxy) is 1. The molecule has 2 N–H and O–H groups in total. The number of urea groups is 1. The standard InChI is InChI=1S/C22H30FN3O4/c1-24-18-12-25(6-5-20(18)30-8-7-27)21(29)26-13-22(14-26)10-15(11-22)9-16-17(23)3-2-4-19(16)28/h2-4,7,15,18,20,24,28H,5-6,8-14H2,1H3/t18-,20+/m1/s1. The molecular formula is C22H30FN3O4. The number of phenolic OH excluding ortho intramolecular Hbond substituents is 1. The number of halogens is 1. The molecular weight excluding hydrogens is 389 g/mol. The Morgan fingerprint density at radius 1 is 1.37 bits per heavy atom. The third-order valence-electron chi connectivity index (χ3n) is 6.92. The summed E-state index contributed by atoms with van der Waals surface area (Å²) in [5, 5.41) is 13.1. The maximum Gasteiger partial charge on any atom is 0.320 e. The molecule has 2 amide bonds. The fourth-order valence-electron chi connectivity index (χ4n) is 5.45. The molecule has 0 bridgehead atoms. The average Bonchev–Trinajstić information content (AvgIpc) is 2.68. The van der Waals surface area contributed by atoms with Gasteiger partial charge < -0.3 is 29.8 Å². The lowest BCUT2D eigenvalue weighted by Crippen LogP contribution is -2.67. The van der Waals surface area contributed by atoms with Crippen molar-refractivity contribution in [1.29, 1.82) is 0 Å². The number of aldehydes is 1. The fourth-order valence-corrected chi connectivity index (χ4v) is 5.45. The van der Waals surface area contributed by atoms with Gasteiger partial charge in [-0.3, -0.25) is 0 Å². The van der Waals surface area contributed by atoms with E-state index >= 15 is 0 Å². The Balaban J connectivity index is 1.24. The molecule has 1 aliphatic carbocycles. The topological polar surface area (TPSA) is 82.1 Å². The van der Waals surface area contributed by atoms with Crippen LogP contribution >= 0.6 is 0 Å². The van der Waals surface area contributed by atoms with Crippen LogP contribution in [-0.2, 0) is 16.0 Å². The summed E-state index contributed by atoms with van der Waals surface area (Å²) in [6, 6.07) is 4.51. The largest absolute Gasteiger partial charge is 0.508 e. The van der Waals surface area contributed by atoms with Crippen LogP contribution in [0.5, 0.6) is 5.75 Å². The third-order valence-corrected chi connectivity index (χ3v) is 6.92. The van der Waals surface area contributed by atoms with Crippen molar-refractivity contribution in [2.45, 2.75) is 37.8 Å². The minimum absolute atomic E-state index is 0.0133. The molecule has 1 spiro atoms. The number of hydrogen-bond donors (Lipinski definition) is 2. The average molecular weight is 419 g/mol. The van der Waals surface area contributed by atoms with E-state index in [4.69, 9.17) is 4.74 Å². The van der Waals surface area contributed by atoms with E-state index in [1.54, 1.807) is 0 Å². The van der Waals surface area contributed by atoms with Crippen LogP contribution in [0.1, 0.15) is 24.8 Å². The van der Waals surface area contributed by atoms with Gasteiger partial charge in [0.2, 0.25) is 0 Å². The normalized spacial score (nSPS) is 25.7. The molecule has 8 heteroatoms. The van der Waals surface area contributed by atoms with E-state index in [0.29, 0.717) is 37.4 Å². The summed E-state index contributed by atoms with van der Waals surface area (Å²) < 4.78 is 19.5. The number of rotatable bonds is 6. The molecule has 1 saturated carbocycles. The lowest BCUT2D eigenvalue weighted by atomic mass is 9.56. The number of aromatic hydroxyl groups is 1. The van der Waals surface area contributed by atoms with Crippen molar-refractivity contribution in [3.63, 3.8) is 0 Å². The van der Waals surface area contributed by atoms with E-state index < -0.39 is 0 Å². The number of likely N-dealkylation sites (tertiary alicyclic amines) is 2. The molecule has 2 saturated heterocycles. The minimum Gasteiger partial charge on any atom is -0.508 e. The molecule has 30 heavy (non-hydrogen) atoms. The van der Waals surface area contributed by atoms with E-state index in [1.807, 2.05) is 16.8 Å². The summed E-state index contributed by atoms with van der Waals surface area (Å²) in [5.41, 5.74) is 0.567. The van der Waals surface area contributed by atoms with Crippen LogP contribution in [0.3, 0.4) is 0 Å². The highest BCUT2D eigenvalue weighted by Gasteiger charge is 2.54. The highest BCUT2D eigenvalue weighted by molar-refractivity contribution is 5.76. The molecule has 2 heterocycles. The van der Waals surface area contributed by atoms with Crippen molar-refractivity contribution in [3.8, 4) is 5.75 Å². The maximum absolute atomic E-state index is 13.9. The molecule has 1 aromatic rings. The highest BCUT2D eigenvalue weighted by Crippen LogP contribution is 2.53. The van der Waals surface area contributed by atoms with Gasteiger partial charge in [-0.05, 0) is 50.8 Å². The van der Waals surface area contributed by atoms with Gasteiger partial charge in [-0.2, -0.15) is 0 Å². The second-order valence-corrected chi connectivity index (χ2v) is 9.02. The first kappa shape index (κ1) is 21.1. The zero-order valence-electron chi connectivity index (χ0n) is 17.3. The van der Waals surface area contributed by atoms with Crippen molar-refractivity contribution >= 4 is 12.3 Å². The van der Waals surface area contributed by atoms with Gasteiger partial charge in [0.15, 0.2) is 0 Å². The maximum atomic E-state index is 13.9. The zero-order chi connectivity index (χ0) is 21.3. The molecule has 2 atom stereocenters. The van der Waals surface area contributed by atoms with Crippen molar-refractivity contribution in [2.75, 3.05) is 39.8 Å². The van der Waals surface area contributed by atoms with E-state index in [1.165, 1.54) is 18.2 Å². The Labute approximate surface area is 176 Å². The van der Waals surface area contributed by atoms with Crippen LogP contribution < -0.4 is 5.32 Å². The lowest BCUT2D eigenvalue weighted by Gasteiger charge is -2.60. The van der Waals surface area contributed by atoms with E-state index in [-0.39, 0.29) is 41.8 Å². The number of hydrogen-bond acceptors (Lipinski definition) is 5. The predicted molar refractivity (Wildman–Crippen MR) is 109 cm³/mol. The van der Waals surface area contributed by atoms with Crippen LogP contribution in [0.2, 0.25) is 0 Å². The number of amides is 2. The number of carbonyl (C=O) groups is 2. The van der Waals surface area contributed by atoms with Crippen molar-refractivity contribution in [1.82, 2.24) is 15.1 Å². The first-order valence-corrected chi connectivity index (χ1v) is 10.7. The molecule has 3 fully saturated rings.